The van der Waals surface area contributed by atoms with E-state index in [-0.39, 0.29) is 0 Å². The first-order valence-electron chi connectivity index (χ1n) is 6.54. The van der Waals surface area contributed by atoms with E-state index in [9.17, 15) is 13.2 Å². The van der Waals surface area contributed by atoms with Gasteiger partial charge >= 0.3 is 6.18 Å². The minimum atomic E-state index is -4.07. The Kier molecular flexibility index (Phi) is 6.27. The lowest BCUT2D eigenvalue weighted by molar-refractivity contribution is -0.145. The summed E-state index contributed by atoms with van der Waals surface area (Å²) in [6.45, 7) is 2.81. The minimum absolute atomic E-state index is 0.461. The average Bonchev–Trinajstić information content (AvgIpc) is 2.73. The number of hydrogen-bond donors (Lipinski definition) is 1. The molecule has 0 aromatic heterocycles. The number of rotatable bonds is 7. The first-order chi connectivity index (χ1) is 8.01. The predicted molar refractivity (Wildman–Crippen MR) is 63.0 cm³/mol. The van der Waals surface area contributed by atoms with Crippen molar-refractivity contribution in [3.8, 4) is 0 Å². The smallest absolute Gasteiger partial charge is 0.314 e. The van der Waals surface area contributed by atoms with E-state index in [1.165, 1.54) is 30.6 Å². The molecule has 0 aromatic rings. The summed E-state index contributed by atoms with van der Waals surface area (Å²) in [6, 6.07) is 0.604. The van der Waals surface area contributed by atoms with Crippen LogP contribution >= 0.6 is 0 Å². The van der Waals surface area contributed by atoms with E-state index in [0.717, 1.165) is 13.0 Å². The SMILES string of the molecule is CCN(CCCNC1CCCC1)CC(F)(F)F. The second-order valence-corrected chi connectivity index (χ2v) is 4.77. The van der Waals surface area contributed by atoms with E-state index in [4.69, 9.17) is 0 Å². The molecule has 0 amide bonds. The van der Waals surface area contributed by atoms with Crippen LogP contribution < -0.4 is 5.32 Å². The fourth-order valence-corrected chi connectivity index (χ4v) is 2.34. The van der Waals surface area contributed by atoms with Gasteiger partial charge in [-0.25, -0.2) is 0 Å². The summed E-state index contributed by atoms with van der Waals surface area (Å²) >= 11 is 0. The average molecular weight is 252 g/mol. The van der Waals surface area contributed by atoms with E-state index in [1.54, 1.807) is 6.92 Å². The maximum absolute atomic E-state index is 12.2. The molecule has 0 unspecified atom stereocenters. The van der Waals surface area contributed by atoms with Crippen LogP contribution in [-0.2, 0) is 0 Å². The summed E-state index contributed by atoms with van der Waals surface area (Å²) in [5.74, 6) is 0. The summed E-state index contributed by atoms with van der Waals surface area (Å²) in [5.41, 5.74) is 0. The van der Waals surface area contributed by atoms with Gasteiger partial charge in [-0.05, 0) is 38.9 Å². The molecule has 1 fully saturated rings. The van der Waals surface area contributed by atoms with Crippen molar-refractivity contribution < 1.29 is 13.2 Å². The van der Waals surface area contributed by atoms with Crippen LogP contribution in [0.4, 0.5) is 13.2 Å². The molecule has 1 saturated carbocycles. The zero-order valence-corrected chi connectivity index (χ0v) is 10.5. The van der Waals surface area contributed by atoms with Crippen LogP contribution in [0, 0.1) is 0 Å². The second kappa shape index (κ2) is 7.21. The summed E-state index contributed by atoms with van der Waals surface area (Å²) in [4.78, 5) is 1.45. The summed E-state index contributed by atoms with van der Waals surface area (Å²) in [5, 5.41) is 3.42. The lowest BCUT2D eigenvalue weighted by Gasteiger charge is -2.22. The van der Waals surface area contributed by atoms with Gasteiger partial charge in [0.25, 0.3) is 0 Å². The van der Waals surface area contributed by atoms with Gasteiger partial charge in [0.05, 0.1) is 6.54 Å². The molecule has 1 aliphatic carbocycles. The Balaban J connectivity index is 2.06. The van der Waals surface area contributed by atoms with Crippen LogP contribution in [0.15, 0.2) is 0 Å². The normalized spacial score (nSPS) is 18.2. The van der Waals surface area contributed by atoms with Crippen LogP contribution in [0.5, 0.6) is 0 Å². The fourth-order valence-electron chi connectivity index (χ4n) is 2.34. The third-order valence-corrected chi connectivity index (χ3v) is 3.29. The topological polar surface area (TPSA) is 15.3 Å². The van der Waals surface area contributed by atoms with Gasteiger partial charge in [0.1, 0.15) is 0 Å². The quantitative estimate of drug-likeness (QED) is 0.701. The van der Waals surface area contributed by atoms with Crippen molar-refractivity contribution in [3.63, 3.8) is 0 Å². The molecule has 0 heterocycles. The number of nitrogens with one attached hydrogen (secondary N) is 1. The summed E-state index contributed by atoms with van der Waals surface area (Å²) < 4.78 is 36.6. The van der Waals surface area contributed by atoms with E-state index >= 15 is 0 Å². The van der Waals surface area contributed by atoms with Gasteiger partial charge in [-0.1, -0.05) is 19.8 Å². The molecule has 0 bridgehead atoms. The van der Waals surface area contributed by atoms with Crippen molar-refractivity contribution in [3.05, 3.63) is 0 Å². The molecular formula is C12H23F3N2. The van der Waals surface area contributed by atoms with Gasteiger partial charge < -0.3 is 5.32 Å². The maximum atomic E-state index is 12.2. The highest BCUT2D eigenvalue weighted by molar-refractivity contribution is 4.73. The highest BCUT2D eigenvalue weighted by atomic mass is 19.4. The first kappa shape index (κ1) is 14.8. The lowest BCUT2D eigenvalue weighted by Crippen LogP contribution is -2.36. The maximum Gasteiger partial charge on any atom is 0.401 e. The molecule has 0 spiro atoms. The Bertz CT molecular complexity index is 200. The van der Waals surface area contributed by atoms with E-state index < -0.39 is 12.7 Å². The Morgan fingerprint density at radius 2 is 1.88 bits per heavy atom. The molecule has 0 aliphatic heterocycles. The first-order valence-corrected chi connectivity index (χ1v) is 6.54. The highest BCUT2D eigenvalue weighted by Crippen LogP contribution is 2.18. The van der Waals surface area contributed by atoms with Crippen LogP contribution in [0.1, 0.15) is 39.0 Å². The molecule has 102 valence electrons. The monoisotopic (exact) mass is 252 g/mol. The Morgan fingerprint density at radius 3 is 2.41 bits per heavy atom. The summed E-state index contributed by atoms with van der Waals surface area (Å²) in [7, 11) is 0. The molecule has 5 heteroatoms. The van der Waals surface area contributed by atoms with E-state index in [2.05, 4.69) is 5.32 Å². The van der Waals surface area contributed by atoms with Crippen molar-refractivity contribution in [2.75, 3.05) is 26.2 Å². The standard InChI is InChI=1S/C12H23F3N2/c1-2-17(10-12(13,14)15)9-5-8-16-11-6-3-4-7-11/h11,16H,2-10H2,1H3. The largest absolute Gasteiger partial charge is 0.401 e. The van der Waals surface area contributed by atoms with Crippen molar-refractivity contribution >= 4 is 0 Å². The minimum Gasteiger partial charge on any atom is -0.314 e. The third-order valence-electron chi connectivity index (χ3n) is 3.29. The van der Waals surface area contributed by atoms with Crippen molar-refractivity contribution in [1.82, 2.24) is 10.2 Å². The van der Waals surface area contributed by atoms with Gasteiger partial charge in [0.2, 0.25) is 0 Å². The Morgan fingerprint density at radius 1 is 1.24 bits per heavy atom. The second-order valence-electron chi connectivity index (χ2n) is 4.77. The summed E-state index contributed by atoms with van der Waals surface area (Å²) in [6.07, 6.45) is 1.73. The van der Waals surface area contributed by atoms with Gasteiger partial charge in [-0.2, -0.15) is 13.2 Å². The van der Waals surface area contributed by atoms with Gasteiger partial charge in [0.15, 0.2) is 0 Å². The number of halogens is 3. The van der Waals surface area contributed by atoms with Crippen molar-refractivity contribution in [2.24, 2.45) is 0 Å². The molecule has 1 rings (SSSR count). The molecular weight excluding hydrogens is 229 g/mol. The van der Waals surface area contributed by atoms with Crippen LogP contribution in [0.3, 0.4) is 0 Å². The Hall–Kier alpha value is -0.290. The van der Waals surface area contributed by atoms with Crippen LogP contribution in [0.25, 0.3) is 0 Å². The fraction of sp³-hybridized carbons (Fsp3) is 1.00. The number of hydrogen-bond acceptors (Lipinski definition) is 2. The van der Waals surface area contributed by atoms with Crippen molar-refractivity contribution in [1.29, 1.82) is 0 Å². The van der Waals surface area contributed by atoms with Gasteiger partial charge in [-0.3, -0.25) is 4.90 Å². The molecule has 1 aliphatic rings. The zero-order chi connectivity index (χ0) is 12.7. The predicted octanol–water partition coefficient (Wildman–Crippen LogP) is 2.79. The molecule has 0 atom stereocenters. The number of alkyl halides is 3. The molecule has 0 aromatic carbocycles. The van der Waals surface area contributed by atoms with Gasteiger partial charge in [0, 0.05) is 6.04 Å². The van der Waals surface area contributed by atoms with E-state index in [0.29, 0.717) is 19.1 Å². The molecule has 1 N–H and O–H groups in total. The highest BCUT2D eigenvalue weighted by Gasteiger charge is 2.29. The zero-order valence-electron chi connectivity index (χ0n) is 10.5. The molecule has 0 radical (unpaired) electrons. The van der Waals surface area contributed by atoms with E-state index in [1.807, 2.05) is 0 Å². The Labute approximate surface area is 102 Å². The van der Waals surface area contributed by atoms with Crippen LogP contribution in [-0.4, -0.2) is 43.3 Å². The lowest BCUT2D eigenvalue weighted by atomic mass is 10.2. The number of nitrogens with zero attached hydrogens (tertiary/aromatic N) is 1. The third kappa shape index (κ3) is 6.88. The van der Waals surface area contributed by atoms with Crippen molar-refractivity contribution in [2.45, 2.75) is 51.2 Å². The molecule has 2 nitrogen and oxygen atoms in total. The molecule has 17 heavy (non-hydrogen) atoms. The van der Waals surface area contributed by atoms with Crippen LogP contribution in [0.2, 0.25) is 0 Å². The van der Waals surface area contributed by atoms with Gasteiger partial charge in [-0.15, -0.1) is 0 Å². The molecule has 0 saturated heterocycles.